The first-order valence-electron chi connectivity index (χ1n) is 4.98. The van der Waals surface area contributed by atoms with E-state index >= 15 is 0 Å². The van der Waals surface area contributed by atoms with Gasteiger partial charge in [0.25, 0.3) is 0 Å². The SMILES string of the molecule is Fc1ccc(N2CCOCC2)c(CBr)c1. The first-order chi connectivity index (χ1) is 7.31. The molecule has 1 heterocycles. The van der Waals surface area contributed by atoms with Gasteiger partial charge in [0.1, 0.15) is 5.82 Å². The fourth-order valence-electron chi connectivity index (χ4n) is 1.77. The lowest BCUT2D eigenvalue weighted by Crippen LogP contribution is -2.36. The summed E-state index contributed by atoms with van der Waals surface area (Å²) in [6.45, 7) is 3.26. The Kier molecular flexibility index (Phi) is 3.59. The van der Waals surface area contributed by atoms with Crippen LogP contribution >= 0.6 is 15.9 Å². The van der Waals surface area contributed by atoms with Crippen molar-refractivity contribution in [2.24, 2.45) is 0 Å². The standard InChI is InChI=1S/C11H13BrFNO/c12-8-9-7-10(13)1-2-11(9)14-3-5-15-6-4-14/h1-2,7H,3-6,8H2. The van der Waals surface area contributed by atoms with Crippen LogP contribution in [0.1, 0.15) is 5.56 Å². The maximum atomic E-state index is 13.0. The summed E-state index contributed by atoms with van der Waals surface area (Å²) in [5.41, 5.74) is 2.11. The number of hydrogen-bond donors (Lipinski definition) is 0. The van der Waals surface area contributed by atoms with Gasteiger partial charge in [0, 0.05) is 24.1 Å². The van der Waals surface area contributed by atoms with Crippen LogP contribution in [-0.4, -0.2) is 26.3 Å². The van der Waals surface area contributed by atoms with Gasteiger partial charge in [0.05, 0.1) is 13.2 Å². The summed E-state index contributed by atoms with van der Waals surface area (Å²) in [5.74, 6) is -0.179. The quantitative estimate of drug-likeness (QED) is 0.768. The minimum Gasteiger partial charge on any atom is -0.378 e. The summed E-state index contributed by atoms with van der Waals surface area (Å²) in [4.78, 5) is 2.24. The van der Waals surface area contributed by atoms with Gasteiger partial charge in [0.2, 0.25) is 0 Å². The van der Waals surface area contributed by atoms with E-state index in [1.54, 1.807) is 6.07 Å². The van der Waals surface area contributed by atoms with Crippen LogP contribution in [0.2, 0.25) is 0 Å². The number of anilines is 1. The molecule has 2 nitrogen and oxygen atoms in total. The molecule has 0 radical (unpaired) electrons. The van der Waals surface area contributed by atoms with E-state index in [1.807, 2.05) is 6.07 Å². The molecule has 0 aliphatic carbocycles. The molecular formula is C11H13BrFNO. The number of halogens is 2. The van der Waals surface area contributed by atoms with Gasteiger partial charge in [-0.15, -0.1) is 0 Å². The molecule has 15 heavy (non-hydrogen) atoms. The van der Waals surface area contributed by atoms with Crippen molar-refractivity contribution in [1.82, 2.24) is 0 Å². The molecule has 0 bridgehead atoms. The van der Waals surface area contributed by atoms with Crippen molar-refractivity contribution in [2.75, 3.05) is 31.2 Å². The van der Waals surface area contributed by atoms with E-state index in [0.29, 0.717) is 5.33 Å². The summed E-state index contributed by atoms with van der Waals surface area (Å²) < 4.78 is 18.3. The normalized spacial score (nSPS) is 16.8. The average molecular weight is 274 g/mol. The first kappa shape index (κ1) is 10.9. The highest BCUT2D eigenvalue weighted by molar-refractivity contribution is 9.08. The first-order valence-corrected chi connectivity index (χ1v) is 6.10. The molecule has 1 aliphatic rings. The Morgan fingerprint density at radius 2 is 2.07 bits per heavy atom. The van der Waals surface area contributed by atoms with Crippen LogP contribution in [0.5, 0.6) is 0 Å². The molecule has 1 aromatic carbocycles. The van der Waals surface area contributed by atoms with Gasteiger partial charge in [-0.25, -0.2) is 4.39 Å². The summed E-state index contributed by atoms with van der Waals surface area (Å²) in [6, 6.07) is 4.94. The van der Waals surface area contributed by atoms with Crippen LogP contribution in [0.4, 0.5) is 10.1 Å². The summed E-state index contributed by atoms with van der Waals surface area (Å²) in [6.07, 6.45) is 0. The Hall–Kier alpha value is -0.610. The van der Waals surface area contributed by atoms with Gasteiger partial charge in [-0.1, -0.05) is 15.9 Å². The lowest BCUT2D eigenvalue weighted by molar-refractivity contribution is 0.122. The van der Waals surface area contributed by atoms with Crippen LogP contribution in [0.15, 0.2) is 18.2 Å². The van der Waals surface area contributed by atoms with Crippen molar-refractivity contribution in [2.45, 2.75) is 5.33 Å². The molecule has 1 saturated heterocycles. The van der Waals surface area contributed by atoms with Crippen molar-refractivity contribution in [1.29, 1.82) is 0 Å². The van der Waals surface area contributed by atoms with Crippen LogP contribution in [-0.2, 0) is 10.1 Å². The van der Waals surface area contributed by atoms with E-state index in [4.69, 9.17) is 4.74 Å². The molecule has 0 amide bonds. The van der Waals surface area contributed by atoms with E-state index < -0.39 is 0 Å². The number of morpholine rings is 1. The molecule has 1 fully saturated rings. The second-order valence-electron chi connectivity index (χ2n) is 3.51. The third-order valence-electron chi connectivity index (χ3n) is 2.54. The Morgan fingerprint density at radius 3 is 2.73 bits per heavy atom. The van der Waals surface area contributed by atoms with E-state index in [-0.39, 0.29) is 5.82 Å². The van der Waals surface area contributed by atoms with Gasteiger partial charge >= 0.3 is 0 Å². The molecule has 0 spiro atoms. The highest BCUT2D eigenvalue weighted by atomic mass is 79.9. The van der Waals surface area contributed by atoms with Gasteiger partial charge in [-0.3, -0.25) is 0 Å². The number of rotatable bonds is 2. The maximum Gasteiger partial charge on any atom is 0.123 e. The smallest absolute Gasteiger partial charge is 0.123 e. The van der Waals surface area contributed by atoms with Crippen molar-refractivity contribution in [3.05, 3.63) is 29.6 Å². The second kappa shape index (κ2) is 4.94. The fourth-order valence-corrected chi connectivity index (χ4v) is 2.22. The van der Waals surface area contributed by atoms with E-state index in [9.17, 15) is 4.39 Å². The van der Waals surface area contributed by atoms with E-state index in [0.717, 1.165) is 37.6 Å². The Morgan fingerprint density at radius 1 is 1.33 bits per heavy atom. The molecule has 0 aromatic heterocycles. The molecular weight excluding hydrogens is 261 g/mol. The Balaban J connectivity index is 2.25. The van der Waals surface area contributed by atoms with Crippen LogP contribution in [0.25, 0.3) is 0 Å². The van der Waals surface area contributed by atoms with E-state index in [2.05, 4.69) is 20.8 Å². The summed E-state index contributed by atoms with van der Waals surface area (Å²) in [5, 5.41) is 0.678. The number of nitrogens with zero attached hydrogens (tertiary/aromatic N) is 1. The zero-order valence-electron chi connectivity index (χ0n) is 8.38. The van der Waals surface area contributed by atoms with Gasteiger partial charge in [0.15, 0.2) is 0 Å². The van der Waals surface area contributed by atoms with Crippen LogP contribution in [0.3, 0.4) is 0 Å². The third-order valence-corrected chi connectivity index (χ3v) is 3.14. The second-order valence-corrected chi connectivity index (χ2v) is 4.07. The van der Waals surface area contributed by atoms with Crippen molar-refractivity contribution in [3.8, 4) is 0 Å². The fraction of sp³-hybridized carbons (Fsp3) is 0.455. The van der Waals surface area contributed by atoms with Crippen molar-refractivity contribution >= 4 is 21.6 Å². The van der Waals surface area contributed by atoms with Crippen LogP contribution in [0, 0.1) is 5.82 Å². The highest BCUT2D eigenvalue weighted by Crippen LogP contribution is 2.24. The molecule has 0 N–H and O–H groups in total. The lowest BCUT2D eigenvalue weighted by atomic mass is 10.1. The van der Waals surface area contributed by atoms with E-state index in [1.165, 1.54) is 6.07 Å². The predicted octanol–water partition coefficient (Wildman–Crippen LogP) is 2.56. The topological polar surface area (TPSA) is 12.5 Å². The molecule has 0 saturated carbocycles. The number of ether oxygens (including phenoxy) is 1. The predicted molar refractivity (Wildman–Crippen MR) is 62.1 cm³/mol. The molecule has 0 atom stereocenters. The van der Waals surface area contributed by atoms with Crippen LogP contribution < -0.4 is 4.90 Å². The molecule has 4 heteroatoms. The lowest BCUT2D eigenvalue weighted by Gasteiger charge is -2.30. The molecule has 82 valence electrons. The van der Waals surface area contributed by atoms with Gasteiger partial charge in [-0.2, -0.15) is 0 Å². The van der Waals surface area contributed by atoms with Crippen molar-refractivity contribution in [3.63, 3.8) is 0 Å². The molecule has 0 unspecified atom stereocenters. The Bertz CT molecular complexity index is 339. The summed E-state index contributed by atoms with van der Waals surface area (Å²) in [7, 11) is 0. The molecule has 1 aliphatic heterocycles. The van der Waals surface area contributed by atoms with Gasteiger partial charge in [-0.05, 0) is 23.8 Å². The zero-order valence-corrected chi connectivity index (χ0v) is 9.96. The number of alkyl halides is 1. The number of hydrogen-bond acceptors (Lipinski definition) is 2. The van der Waals surface area contributed by atoms with Crippen molar-refractivity contribution < 1.29 is 9.13 Å². The molecule has 2 rings (SSSR count). The highest BCUT2D eigenvalue weighted by Gasteiger charge is 2.14. The maximum absolute atomic E-state index is 13.0. The molecule has 1 aromatic rings. The van der Waals surface area contributed by atoms with Gasteiger partial charge < -0.3 is 9.64 Å². The largest absolute Gasteiger partial charge is 0.378 e. The minimum atomic E-state index is -0.179. The monoisotopic (exact) mass is 273 g/mol. The third kappa shape index (κ3) is 2.49. The Labute approximate surface area is 97.2 Å². The average Bonchev–Trinajstić information content (AvgIpc) is 2.30. The minimum absolute atomic E-state index is 0.179. The zero-order chi connectivity index (χ0) is 10.7. The summed E-state index contributed by atoms with van der Waals surface area (Å²) >= 11 is 3.38. The number of benzene rings is 1.